The van der Waals surface area contributed by atoms with Crippen molar-refractivity contribution in [2.24, 2.45) is 0 Å². The summed E-state index contributed by atoms with van der Waals surface area (Å²) in [4.78, 5) is 17.1. The number of aromatic nitrogens is 1. The van der Waals surface area contributed by atoms with Gasteiger partial charge in [0.1, 0.15) is 5.82 Å². The molecule has 1 fully saturated rings. The van der Waals surface area contributed by atoms with Crippen molar-refractivity contribution in [2.75, 3.05) is 18.0 Å². The van der Waals surface area contributed by atoms with E-state index in [0.717, 1.165) is 30.5 Å². The number of hydrogen-bond acceptors (Lipinski definition) is 4. The van der Waals surface area contributed by atoms with Crippen molar-refractivity contribution in [3.05, 3.63) is 30.0 Å². The molecular weight excluding hydrogens is 256 g/mol. The molecule has 1 N–H and O–H groups in total. The highest BCUT2D eigenvalue weighted by Gasteiger charge is 2.31. The lowest BCUT2D eigenvalue weighted by Crippen LogP contribution is -2.52. The molecule has 0 bridgehead atoms. The van der Waals surface area contributed by atoms with E-state index in [9.17, 15) is 4.79 Å². The van der Waals surface area contributed by atoms with E-state index in [1.807, 2.05) is 12.1 Å². The molecule has 2 rings (SSSR count). The summed E-state index contributed by atoms with van der Waals surface area (Å²) in [6.07, 6.45) is 4.48. The van der Waals surface area contributed by atoms with Gasteiger partial charge in [0, 0.05) is 25.4 Å². The molecule has 1 aromatic heterocycles. The SMILES string of the molecule is CC1CN(c2ccc(/C=C/C(=O)O)cn2)CC(C)(C)O1. The summed E-state index contributed by atoms with van der Waals surface area (Å²) in [7, 11) is 0. The third-order valence-corrected chi connectivity index (χ3v) is 3.08. The van der Waals surface area contributed by atoms with Gasteiger partial charge in [-0.05, 0) is 44.5 Å². The highest BCUT2D eigenvalue weighted by molar-refractivity contribution is 5.85. The van der Waals surface area contributed by atoms with Gasteiger partial charge in [-0.15, -0.1) is 0 Å². The van der Waals surface area contributed by atoms with E-state index >= 15 is 0 Å². The van der Waals surface area contributed by atoms with Crippen LogP contribution in [-0.4, -0.2) is 40.9 Å². The number of morpholine rings is 1. The number of carboxylic acid groups (broad SMARTS) is 1. The summed E-state index contributed by atoms with van der Waals surface area (Å²) >= 11 is 0. The maximum absolute atomic E-state index is 10.5. The molecule has 0 spiro atoms. The van der Waals surface area contributed by atoms with Crippen LogP contribution in [0.25, 0.3) is 6.08 Å². The second kappa shape index (κ2) is 5.63. The smallest absolute Gasteiger partial charge is 0.328 e. The first kappa shape index (κ1) is 14.5. The fraction of sp³-hybridized carbons (Fsp3) is 0.467. The van der Waals surface area contributed by atoms with Crippen LogP contribution >= 0.6 is 0 Å². The van der Waals surface area contributed by atoms with E-state index in [-0.39, 0.29) is 11.7 Å². The standard InChI is InChI=1S/C15H20N2O3/c1-11-9-17(10-15(2,3)20-11)13-6-4-12(8-16-13)5-7-14(18)19/h4-8,11H,9-10H2,1-3H3,(H,18,19)/b7-5+. The minimum absolute atomic E-state index is 0.159. The monoisotopic (exact) mass is 276 g/mol. The van der Waals surface area contributed by atoms with E-state index in [4.69, 9.17) is 9.84 Å². The Hall–Kier alpha value is -1.88. The first-order valence-electron chi connectivity index (χ1n) is 6.65. The number of carboxylic acids is 1. The lowest BCUT2D eigenvalue weighted by molar-refractivity contribution is -0.131. The molecule has 1 aliphatic heterocycles. The molecule has 0 aliphatic carbocycles. The van der Waals surface area contributed by atoms with Crippen LogP contribution in [0.3, 0.4) is 0 Å². The summed E-state index contributed by atoms with van der Waals surface area (Å²) in [5.41, 5.74) is 0.582. The minimum Gasteiger partial charge on any atom is -0.478 e. The molecule has 0 saturated carbocycles. The van der Waals surface area contributed by atoms with E-state index in [2.05, 4.69) is 30.7 Å². The van der Waals surface area contributed by atoms with Crippen molar-refractivity contribution in [1.29, 1.82) is 0 Å². The predicted molar refractivity (Wildman–Crippen MR) is 77.7 cm³/mol. The number of nitrogens with zero attached hydrogens (tertiary/aromatic N) is 2. The summed E-state index contributed by atoms with van der Waals surface area (Å²) in [6, 6.07) is 3.78. The average molecular weight is 276 g/mol. The van der Waals surface area contributed by atoms with Gasteiger partial charge in [0.2, 0.25) is 0 Å². The number of hydrogen-bond donors (Lipinski definition) is 1. The second-order valence-corrected chi connectivity index (χ2v) is 5.69. The highest BCUT2D eigenvalue weighted by Crippen LogP contribution is 2.24. The van der Waals surface area contributed by atoms with Gasteiger partial charge in [0.25, 0.3) is 0 Å². The van der Waals surface area contributed by atoms with Crippen LogP contribution in [0.2, 0.25) is 0 Å². The van der Waals surface area contributed by atoms with Crippen molar-refractivity contribution >= 4 is 17.9 Å². The fourth-order valence-corrected chi connectivity index (χ4v) is 2.48. The van der Waals surface area contributed by atoms with Crippen LogP contribution in [0, 0.1) is 0 Å². The number of carbonyl (C=O) groups is 1. The lowest BCUT2D eigenvalue weighted by atomic mass is 10.1. The molecule has 5 heteroatoms. The van der Waals surface area contributed by atoms with Crippen molar-refractivity contribution in [3.8, 4) is 0 Å². The maximum atomic E-state index is 10.5. The molecule has 1 saturated heterocycles. The first-order chi connectivity index (χ1) is 9.35. The Morgan fingerprint density at radius 1 is 1.55 bits per heavy atom. The van der Waals surface area contributed by atoms with Crippen molar-refractivity contribution in [3.63, 3.8) is 0 Å². The van der Waals surface area contributed by atoms with Gasteiger partial charge in [-0.1, -0.05) is 0 Å². The van der Waals surface area contributed by atoms with Crippen molar-refractivity contribution in [2.45, 2.75) is 32.5 Å². The molecule has 0 radical (unpaired) electrons. The van der Waals surface area contributed by atoms with Crippen molar-refractivity contribution in [1.82, 2.24) is 4.98 Å². The van der Waals surface area contributed by atoms with Gasteiger partial charge < -0.3 is 14.7 Å². The zero-order valence-electron chi connectivity index (χ0n) is 12.0. The normalized spacial score (nSPS) is 22.1. The molecule has 5 nitrogen and oxygen atoms in total. The maximum Gasteiger partial charge on any atom is 0.328 e. The summed E-state index contributed by atoms with van der Waals surface area (Å²) in [6.45, 7) is 7.78. The van der Waals surface area contributed by atoms with Crippen LogP contribution in [0.5, 0.6) is 0 Å². The highest BCUT2D eigenvalue weighted by atomic mass is 16.5. The molecule has 20 heavy (non-hydrogen) atoms. The van der Waals surface area contributed by atoms with Gasteiger partial charge in [-0.3, -0.25) is 0 Å². The Kier molecular flexibility index (Phi) is 4.09. The molecular formula is C15H20N2O3. The number of anilines is 1. The Bertz CT molecular complexity index is 508. The second-order valence-electron chi connectivity index (χ2n) is 5.69. The number of rotatable bonds is 3. The molecule has 1 aromatic rings. The van der Waals surface area contributed by atoms with E-state index in [0.29, 0.717) is 0 Å². The third-order valence-electron chi connectivity index (χ3n) is 3.08. The zero-order valence-corrected chi connectivity index (χ0v) is 12.0. The Balaban J connectivity index is 2.11. The largest absolute Gasteiger partial charge is 0.478 e. The number of pyridine rings is 1. The van der Waals surface area contributed by atoms with E-state index < -0.39 is 5.97 Å². The molecule has 1 atom stereocenters. The quantitative estimate of drug-likeness (QED) is 0.857. The summed E-state index contributed by atoms with van der Waals surface area (Å²) in [5.74, 6) is -0.0708. The van der Waals surface area contributed by atoms with Gasteiger partial charge >= 0.3 is 5.97 Å². The topological polar surface area (TPSA) is 62.7 Å². The van der Waals surface area contributed by atoms with Gasteiger partial charge in [-0.25, -0.2) is 9.78 Å². The molecule has 1 unspecified atom stereocenters. The molecule has 2 heterocycles. The Morgan fingerprint density at radius 2 is 2.30 bits per heavy atom. The van der Waals surface area contributed by atoms with E-state index in [1.165, 1.54) is 6.08 Å². The van der Waals surface area contributed by atoms with Gasteiger partial charge in [0.15, 0.2) is 0 Å². The van der Waals surface area contributed by atoms with Gasteiger partial charge in [0.05, 0.1) is 11.7 Å². The lowest BCUT2D eigenvalue weighted by Gasteiger charge is -2.42. The fourth-order valence-electron chi connectivity index (χ4n) is 2.48. The molecule has 1 aliphatic rings. The minimum atomic E-state index is -0.960. The molecule has 108 valence electrons. The van der Waals surface area contributed by atoms with Crippen LogP contribution in [0.15, 0.2) is 24.4 Å². The van der Waals surface area contributed by atoms with Crippen LogP contribution in [0.4, 0.5) is 5.82 Å². The molecule has 0 amide bonds. The summed E-state index contributed by atoms with van der Waals surface area (Å²) in [5, 5.41) is 8.59. The van der Waals surface area contributed by atoms with Gasteiger partial charge in [-0.2, -0.15) is 0 Å². The Morgan fingerprint density at radius 3 is 2.85 bits per heavy atom. The number of aliphatic carboxylic acids is 1. The van der Waals surface area contributed by atoms with Crippen LogP contribution in [0.1, 0.15) is 26.3 Å². The summed E-state index contributed by atoms with van der Waals surface area (Å²) < 4.78 is 5.87. The van der Waals surface area contributed by atoms with Crippen LogP contribution < -0.4 is 4.90 Å². The predicted octanol–water partition coefficient (Wildman–Crippen LogP) is 2.18. The first-order valence-corrected chi connectivity index (χ1v) is 6.65. The number of ether oxygens (including phenoxy) is 1. The van der Waals surface area contributed by atoms with E-state index in [1.54, 1.807) is 6.20 Å². The van der Waals surface area contributed by atoms with Crippen molar-refractivity contribution < 1.29 is 14.6 Å². The van der Waals surface area contributed by atoms with Crippen LogP contribution in [-0.2, 0) is 9.53 Å². The Labute approximate surface area is 118 Å². The molecule has 0 aromatic carbocycles. The average Bonchev–Trinajstić information content (AvgIpc) is 2.34. The zero-order chi connectivity index (χ0) is 14.8. The third kappa shape index (κ3) is 3.81.